The Morgan fingerprint density at radius 3 is 2.79 bits per heavy atom. The van der Waals surface area contributed by atoms with Crippen LogP contribution in [0.3, 0.4) is 0 Å². The van der Waals surface area contributed by atoms with Crippen molar-refractivity contribution in [3.05, 3.63) is 58.6 Å². The van der Waals surface area contributed by atoms with E-state index in [9.17, 15) is 10.1 Å². The molecular formula is C21H17ClN4O3. The number of nitrogens with one attached hydrogen (secondary N) is 2. The van der Waals surface area contributed by atoms with Gasteiger partial charge in [0.2, 0.25) is 6.79 Å². The second-order valence-corrected chi connectivity index (χ2v) is 6.88. The van der Waals surface area contributed by atoms with Crippen LogP contribution in [0.4, 0.5) is 5.82 Å². The zero-order chi connectivity index (χ0) is 20.2. The van der Waals surface area contributed by atoms with Crippen LogP contribution in [0.1, 0.15) is 22.3 Å². The smallest absolute Gasteiger partial charge is 0.251 e. The highest BCUT2D eigenvalue weighted by Crippen LogP contribution is 2.36. The summed E-state index contributed by atoms with van der Waals surface area (Å²) in [5.74, 6) is 1.62. The molecule has 1 aliphatic heterocycles. The normalized spacial score (nSPS) is 11.9. The van der Waals surface area contributed by atoms with Crippen LogP contribution in [0.25, 0.3) is 10.9 Å². The maximum atomic E-state index is 12.1. The predicted octanol–water partition coefficient (Wildman–Crippen LogP) is 3.72. The molecule has 0 unspecified atom stereocenters. The van der Waals surface area contributed by atoms with E-state index < -0.39 is 0 Å². The number of nitriles is 1. The minimum atomic E-state index is -0.176. The second kappa shape index (κ2) is 8.25. The van der Waals surface area contributed by atoms with Gasteiger partial charge in [0.15, 0.2) is 11.5 Å². The zero-order valence-corrected chi connectivity index (χ0v) is 16.1. The fourth-order valence-electron chi connectivity index (χ4n) is 3.01. The van der Waals surface area contributed by atoms with Gasteiger partial charge in [0, 0.05) is 35.1 Å². The minimum absolute atomic E-state index is 0.176. The van der Waals surface area contributed by atoms with E-state index in [1.54, 1.807) is 36.4 Å². The van der Waals surface area contributed by atoms with Gasteiger partial charge < -0.3 is 20.1 Å². The van der Waals surface area contributed by atoms with E-state index in [1.807, 2.05) is 6.07 Å². The number of ether oxygens (including phenoxy) is 2. The molecule has 0 fully saturated rings. The molecule has 4 rings (SSSR count). The van der Waals surface area contributed by atoms with Crippen LogP contribution in [0.2, 0.25) is 5.02 Å². The number of benzene rings is 2. The van der Waals surface area contributed by atoms with Crippen LogP contribution < -0.4 is 20.1 Å². The quantitative estimate of drug-likeness (QED) is 0.603. The van der Waals surface area contributed by atoms with E-state index in [0.717, 1.165) is 5.39 Å². The molecule has 29 heavy (non-hydrogen) atoms. The summed E-state index contributed by atoms with van der Waals surface area (Å²) >= 11 is 5.90. The highest BCUT2D eigenvalue weighted by molar-refractivity contribution is 6.30. The van der Waals surface area contributed by atoms with Crippen molar-refractivity contribution in [3.8, 4) is 17.6 Å². The van der Waals surface area contributed by atoms with Crippen LogP contribution >= 0.6 is 11.6 Å². The van der Waals surface area contributed by atoms with Crippen molar-refractivity contribution in [3.63, 3.8) is 0 Å². The lowest BCUT2D eigenvalue weighted by molar-refractivity contribution is 0.0953. The Labute approximate surface area is 172 Å². The molecule has 2 N–H and O–H groups in total. The summed E-state index contributed by atoms with van der Waals surface area (Å²) < 4.78 is 10.8. The minimum Gasteiger partial charge on any atom is -0.454 e. The summed E-state index contributed by atoms with van der Waals surface area (Å²) in [5.41, 5.74) is 1.68. The third kappa shape index (κ3) is 4.18. The number of pyridine rings is 1. The molecule has 0 bridgehead atoms. The van der Waals surface area contributed by atoms with Crippen LogP contribution in [0.15, 0.2) is 42.5 Å². The number of hydrogen-bond acceptors (Lipinski definition) is 6. The predicted molar refractivity (Wildman–Crippen MR) is 109 cm³/mol. The third-order valence-corrected chi connectivity index (χ3v) is 4.68. The van der Waals surface area contributed by atoms with Gasteiger partial charge in [-0.15, -0.1) is 0 Å². The third-order valence-electron chi connectivity index (χ3n) is 4.45. The lowest BCUT2D eigenvalue weighted by Gasteiger charge is -2.10. The zero-order valence-electron chi connectivity index (χ0n) is 15.4. The van der Waals surface area contributed by atoms with Gasteiger partial charge >= 0.3 is 0 Å². The number of rotatable bonds is 6. The largest absolute Gasteiger partial charge is 0.454 e. The lowest BCUT2D eigenvalue weighted by atomic mass is 10.1. The number of carbonyl (C=O) groups is 1. The standard InChI is InChI=1S/C21H17ClN4O3/c22-16-4-1-3-13(8-16)21(27)25-6-2-5-24-20-15(11-23)7-14-9-18-19(29-12-28-18)10-17(14)26-20/h1,3-4,7-10H,2,5-6,12H2,(H,24,26)(H,25,27). The molecule has 1 amide bonds. The highest BCUT2D eigenvalue weighted by Gasteiger charge is 2.16. The second-order valence-electron chi connectivity index (χ2n) is 6.44. The number of hydrogen-bond donors (Lipinski definition) is 2. The molecule has 2 aromatic carbocycles. The summed E-state index contributed by atoms with van der Waals surface area (Å²) in [5, 5.41) is 16.8. The molecule has 7 nitrogen and oxygen atoms in total. The summed E-state index contributed by atoms with van der Waals surface area (Å²) in [6, 6.07) is 14.3. The Kier molecular flexibility index (Phi) is 5.36. The van der Waals surface area contributed by atoms with Crippen LogP contribution in [0.5, 0.6) is 11.5 Å². The van der Waals surface area contributed by atoms with Crippen molar-refractivity contribution in [2.75, 3.05) is 25.2 Å². The maximum Gasteiger partial charge on any atom is 0.251 e. The molecule has 1 aromatic heterocycles. The first-order chi connectivity index (χ1) is 14.1. The number of carbonyl (C=O) groups excluding carboxylic acids is 1. The van der Waals surface area contributed by atoms with E-state index in [0.29, 0.717) is 58.5 Å². The van der Waals surface area contributed by atoms with Crippen molar-refractivity contribution in [1.82, 2.24) is 10.3 Å². The van der Waals surface area contributed by atoms with Crippen molar-refractivity contribution < 1.29 is 14.3 Å². The van der Waals surface area contributed by atoms with Gasteiger partial charge in [-0.25, -0.2) is 4.98 Å². The molecule has 0 aliphatic carbocycles. The van der Waals surface area contributed by atoms with Gasteiger partial charge in [-0.3, -0.25) is 4.79 Å². The summed E-state index contributed by atoms with van der Waals surface area (Å²) in [4.78, 5) is 16.6. The average molecular weight is 409 g/mol. The van der Waals surface area contributed by atoms with Crippen LogP contribution in [-0.4, -0.2) is 30.8 Å². The molecule has 8 heteroatoms. The van der Waals surface area contributed by atoms with Crippen molar-refractivity contribution >= 4 is 34.2 Å². The Hall–Kier alpha value is -3.50. The summed E-state index contributed by atoms with van der Waals surface area (Å²) in [7, 11) is 0. The summed E-state index contributed by atoms with van der Waals surface area (Å²) in [6.07, 6.45) is 0.665. The van der Waals surface area contributed by atoms with Gasteiger partial charge in [0.1, 0.15) is 11.9 Å². The molecule has 146 valence electrons. The van der Waals surface area contributed by atoms with E-state index in [2.05, 4.69) is 21.7 Å². The number of halogens is 1. The maximum absolute atomic E-state index is 12.1. The molecule has 0 saturated heterocycles. The fourth-order valence-corrected chi connectivity index (χ4v) is 3.20. The number of amides is 1. The first-order valence-electron chi connectivity index (χ1n) is 9.06. The Morgan fingerprint density at radius 1 is 1.17 bits per heavy atom. The van der Waals surface area contributed by atoms with Crippen LogP contribution in [-0.2, 0) is 0 Å². The van der Waals surface area contributed by atoms with Gasteiger partial charge in [-0.05, 0) is 36.8 Å². The molecular weight excluding hydrogens is 392 g/mol. The Morgan fingerprint density at radius 2 is 2.00 bits per heavy atom. The van der Waals surface area contributed by atoms with Gasteiger partial charge in [0.25, 0.3) is 5.91 Å². The molecule has 0 radical (unpaired) electrons. The topological polar surface area (TPSA) is 96.3 Å². The lowest BCUT2D eigenvalue weighted by Crippen LogP contribution is -2.25. The number of nitrogens with zero attached hydrogens (tertiary/aromatic N) is 2. The molecule has 1 aliphatic rings. The van der Waals surface area contributed by atoms with Gasteiger partial charge in [0.05, 0.1) is 11.1 Å². The molecule has 2 heterocycles. The Bertz CT molecular complexity index is 1130. The highest BCUT2D eigenvalue weighted by atomic mass is 35.5. The van der Waals surface area contributed by atoms with E-state index in [1.165, 1.54) is 0 Å². The molecule has 0 saturated carbocycles. The van der Waals surface area contributed by atoms with Gasteiger partial charge in [-0.2, -0.15) is 5.26 Å². The van der Waals surface area contributed by atoms with E-state index in [4.69, 9.17) is 21.1 Å². The number of fused-ring (bicyclic) bond motifs is 2. The Balaban J connectivity index is 1.36. The number of aromatic nitrogens is 1. The SMILES string of the molecule is N#Cc1cc2cc3c(cc2nc1NCCCNC(=O)c1cccc(Cl)c1)OCO3. The van der Waals surface area contributed by atoms with Crippen molar-refractivity contribution in [1.29, 1.82) is 5.26 Å². The van der Waals surface area contributed by atoms with Crippen LogP contribution in [0, 0.1) is 11.3 Å². The van der Waals surface area contributed by atoms with E-state index >= 15 is 0 Å². The molecule has 0 atom stereocenters. The fraction of sp³-hybridized carbons (Fsp3) is 0.190. The van der Waals surface area contributed by atoms with E-state index in [-0.39, 0.29) is 12.7 Å². The number of anilines is 1. The van der Waals surface area contributed by atoms with Crippen molar-refractivity contribution in [2.45, 2.75) is 6.42 Å². The van der Waals surface area contributed by atoms with Crippen molar-refractivity contribution in [2.24, 2.45) is 0 Å². The first-order valence-corrected chi connectivity index (χ1v) is 9.44. The first kappa shape index (κ1) is 18.8. The van der Waals surface area contributed by atoms with Gasteiger partial charge in [-0.1, -0.05) is 17.7 Å². The molecule has 3 aromatic rings. The average Bonchev–Trinajstić information content (AvgIpc) is 3.18. The molecule has 0 spiro atoms. The summed E-state index contributed by atoms with van der Waals surface area (Å²) in [6.45, 7) is 1.21. The monoisotopic (exact) mass is 408 g/mol.